The second kappa shape index (κ2) is 4.03. The van der Waals surface area contributed by atoms with Gasteiger partial charge in [-0.3, -0.25) is 14.4 Å². The lowest BCUT2D eigenvalue weighted by molar-refractivity contribution is -0.194. The van der Waals surface area contributed by atoms with Gasteiger partial charge in [-0.2, -0.15) is 0 Å². The Morgan fingerprint density at radius 3 is 2.31 bits per heavy atom. The van der Waals surface area contributed by atoms with Gasteiger partial charge in [0.15, 0.2) is 6.04 Å². The van der Waals surface area contributed by atoms with Gasteiger partial charge in [0.05, 0.1) is 13.0 Å². The average Bonchev–Trinajstić information content (AvgIpc) is 2.09. The molecule has 0 bridgehead atoms. The molecule has 8 heteroatoms. The lowest BCUT2D eigenvalue weighted by Crippen LogP contribution is -2.71. The van der Waals surface area contributed by atoms with Gasteiger partial charge >= 0.3 is 0 Å². The largest absolute Gasteiger partial charge is 0.370 e. The van der Waals surface area contributed by atoms with E-state index in [1.165, 1.54) is 0 Å². The van der Waals surface area contributed by atoms with E-state index in [1.807, 2.05) is 0 Å². The Bertz CT molecular complexity index is 345. The summed E-state index contributed by atoms with van der Waals surface area (Å²) in [5.74, 6) is -6.20. The maximum absolute atomic E-state index is 12.9. The first kappa shape index (κ1) is 12.3. The summed E-state index contributed by atoms with van der Waals surface area (Å²) >= 11 is 0. The minimum absolute atomic E-state index is 0.369. The summed E-state index contributed by atoms with van der Waals surface area (Å²) in [7, 11) is 0. The molecule has 0 aliphatic carbocycles. The van der Waals surface area contributed by atoms with Crippen LogP contribution in [0.15, 0.2) is 0 Å². The fraction of sp³-hybridized carbons (Fsp3) is 0.500. The number of primary amides is 2. The Hall–Kier alpha value is -1.73. The predicted octanol–water partition coefficient (Wildman–Crippen LogP) is -1.60. The Morgan fingerprint density at radius 1 is 1.38 bits per heavy atom. The molecule has 0 aromatic rings. The van der Waals surface area contributed by atoms with Gasteiger partial charge in [0.1, 0.15) is 0 Å². The van der Waals surface area contributed by atoms with Crippen molar-refractivity contribution >= 4 is 17.7 Å². The van der Waals surface area contributed by atoms with Crippen molar-refractivity contribution in [2.75, 3.05) is 6.54 Å². The van der Waals surface area contributed by atoms with Crippen molar-refractivity contribution in [1.82, 2.24) is 4.90 Å². The van der Waals surface area contributed by atoms with Gasteiger partial charge in [-0.25, -0.2) is 8.78 Å². The molecule has 1 radical (unpaired) electrons. The quantitative estimate of drug-likeness (QED) is 0.611. The van der Waals surface area contributed by atoms with Gasteiger partial charge in [-0.1, -0.05) is 0 Å². The van der Waals surface area contributed by atoms with Crippen LogP contribution < -0.4 is 11.5 Å². The summed E-state index contributed by atoms with van der Waals surface area (Å²) in [6.45, 7) is -0.880. The average molecular weight is 234 g/mol. The van der Waals surface area contributed by atoms with Crippen LogP contribution in [0, 0.1) is 6.42 Å². The molecule has 1 heterocycles. The molecular formula is C8H10F2N3O3. The molecule has 0 saturated carbocycles. The van der Waals surface area contributed by atoms with E-state index in [0.717, 1.165) is 6.42 Å². The predicted molar refractivity (Wildman–Crippen MR) is 47.8 cm³/mol. The number of hydrogen-bond donors (Lipinski definition) is 2. The molecular weight excluding hydrogens is 224 g/mol. The normalized spacial score (nSPS) is 22.4. The van der Waals surface area contributed by atoms with Crippen molar-refractivity contribution in [1.29, 1.82) is 0 Å². The van der Waals surface area contributed by atoms with Gasteiger partial charge in [-0.05, 0) is 0 Å². The van der Waals surface area contributed by atoms with E-state index in [2.05, 4.69) is 0 Å². The first-order chi connectivity index (χ1) is 7.25. The summed E-state index contributed by atoms with van der Waals surface area (Å²) in [4.78, 5) is 32.9. The monoisotopic (exact) mass is 234 g/mol. The van der Waals surface area contributed by atoms with E-state index < -0.39 is 36.2 Å². The third-order valence-corrected chi connectivity index (χ3v) is 2.12. The number of carbonyl (C=O) groups excluding carboxylic acids is 3. The number of alkyl halides is 2. The molecule has 4 N–H and O–H groups in total. The second-order valence-corrected chi connectivity index (χ2v) is 3.41. The number of nitrogens with zero attached hydrogens (tertiary/aromatic N) is 1. The van der Waals surface area contributed by atoms with E-state index in [9.17, 15) is 23.2 Å². The molecule has 0 spiro atoms. The van der Waals surface area contributed by atoms with Crippen molar-refractivity contribution in [3.8, 4) is 0 Å². The maximum Gasteiger partial charge on any atom is 0.294 e. The van der Waals surface area contributed by atoms with E-state index in [-0.39, 0.29) is 6.42 Å². The SMILES string of the molecule is NC(=O)C[CH]C(=O)N1CC(F)(F)[C@H]1C(N)=O. The summed E-state index contributed by atoms with van der Waals surface area (Å²) in [6, 6.07) is -1.94. The lowest BCUT2D eigenvalue weighted by atomic mass is 9.96. The Kier molecular flexibility index (Phi) is 3.11. The molecule has 0 unspecified atom stereocenters. The number of nitrogens with two attached hydrogens (primary N) is 2. The first-order valence-corrected chi connectivity index (χ1v) is 4.35. The van der Waals surface area contributed by atoms with Crippen LogP contribution in [0.4, 0.5) is 8.78 Å². The van der Waals surface area contributed by atoms with Gasteiger partial charge in [0.25, 0.3) is 5.92 Å². The number of carbonyl (C=O) groups is 3. The fourth-order valence-electron chi connectivity index (χ4n) is 1.39. The van der Waals surface area contributed by atoms with Crippen molar-refractivity contribution < 1.29 is 23.2 Å². The Morgan fingerprint density at radius 2 is 1.94 bits per heavy atom. The highest BCUT2D eigenvalue weighted by atomic mass is 19.3. The summed E-state index contributed by atoms with van der Waals surface area (Å²) < 4.78 is 25.7. The zero-order valence-corrected chi connectivity index (χ0v) is 8.15. The molecule has 1 saturated heterocycles. The smallest absolute Gasteiger partial charge is 0.294 e. The Labute approximate surface area is 89.5 Å². The highest BCUT2D eigenvalue weighted by molar-refractivity contribution is 5.95. The molecule has 1 fully saturated rings. The third-order valence-electron chi connectivity index (χ3n) is 2.12. The highest BCUT2D eigenvalue weighted by Crippen LogP contribution is 2.34. The van der Waals surface area contributed by atoms with Crippen LogP contribution in [-0.2, 0) is 14.4 Å². The third kappa shape index (κ3) is 2.26. The molecule has 6 nitrogen and oxygen atoms in total. The van der Waals surface area contributed by atoms with Crippen molar-refractivity contribution in [3.05, 3.63) is 6.42 Å². The second-order valence-electron chi connectivity index (χ2n) is 3.41. The van der Waals surface area contributed by atoms with Gasteiger partial charge < -0.3 is 16.4 Å². The van der Waals surface area contributed by atoms with Crippen LogP contribution in [0.5, 0.6) is 0 Å². The number of likely N-dealkylation sites (tertiary alicyclic amines) is 1. The van der Waals surface area contributed by atoms with Crippen molar-refractivity contribution in [2.24, 2.45) is 11.5 Å². The molecule has 0 aromatic heterocycles. The van der Waals surface area contributed by atoms with Crippen LogP contribution in [0.2, 0.25) is 0 Å². The number of halogens is 2. The molecule has 16 heavy (non-hydrogen) atoms. The minimum Gasteiger partial charge on any atom is -0.370 e. The summed E-state index contributed by atoms with van der Waals surface area (Å²) in [5.41, 5.74) is 9.51. The molecule has 1 rings (SSSR count). The zero-order chi connectivity index (χ0) is 12.5. The fourth-order valence-corrected chi connectivity index (χ4v) is 1.39. The van der Waals surface area contributed by atoms with Crippen LogP contribution in [0.25, 0.3) is 0 Å². The molecule has 1 aliphatic heterocycles. The van der Waals surface area contributed by atoms with E-state index in [1.54, 1.807) is 0 Å². The number of amides is 3. The number of rotatable bonds is 4. The van der Waals surface area contributed by atoms with Crippen molar-refractivity contribution in [2.45, 2.75) is 18.4 Å². The molecule has 89 valence electrons. The van der Waals surface area contributed by atoms with Crippen molar-refractivity contribution in [3.63, 3.8) is 0 Å². The van der Waals surface area contributed by atoms with E-state index in [0.29, 0.717) is 4.90 Å². The standard InChI is InChI=1S/C8H10F2N3O3/c9-8(10)3-13(6(8)7(12)16)5(15)2-1-4(11)14/h2,6H,1,3H2,(H2,11,14)(H2,12,16)/t6-/m1/s1. The van der Waals surface area contributed by atoms with Gasteiger partial charge in [0, 0.05) is 6.42 Å². The molecule has 3 amide bonds. The van der Waals surface area contributed by atoms with Gasteiger partial charge in [0.2, 0.25) is 17.7 Å². The topological polar surface area (TPSA) is 106 Å². The Balaban J connectivity index is 2.59. The molecule has 0 aromatic carbocycles. The van der Waals surface area contributed by atoms with E-state index in [4.69, 9.17) is 11.5 Å². The van der Waals surface area contributed by atoms with Crippen LogP contribution in [0.1, 0.15) is 6.42 Å². The van der Waals surface area contributed by atoms with Gasteiger partial charge in [-0.15, -0.1) is 0 Å². The summed E-state index contributed by atoms with van der Waals surface area (Å²) in [5, 5.41) is 0. The first-order valence-electron chi connectivity index (χ1n) is 4.35. The van der Waals surface area contributed by atoms with Crippen LogP contribution in [0.3, 0.4) is 0 Å². The highest BCUT2D eigenvalue weighted by Gasteiger charge is 2.59. The van der Waals surface area contributed by atoms with E-state index >= 15 is 0 Å². The zero-order valence-electron chi connectivity index (χ0n) is 8.15. The number of hydrogen-bond acceptors (Lipinski definition) is 3. The maximum atomic E-state index is 12.9. The lowest BCUT2D eigenvalue weighted by Gasteiger charge is -2.45. The minimum atomic E-state index is -3.30. The van der Waals surface area contributed by atoms with Crippen LogP contribution >= 0.6 is 0 Å². The summed E-state index contributed by atoms with van der Waals surface area (Å²) in [6.07, 6.45) is 0.472. The molecule has 1 aliphatic rings. The van der Waals surface area contributed by atoms with Crippen LogP contribution in [-0.4, -0.2) is 41.1 Å². The molecule has 1 atom stereocenters.